The Kier molecular flexibility index (Phi) is 4.60. The first kappa shape index (κ1) is 14.8. The van der Waals surface area contributed by atoms with E-state index in [9.17, 15) is 4.39 Å². The topological polar surface area (TPSA) is 47.3 Å². The van der Waals surface area contributed by atoms with Gasteiger partial charge in [0, 0.05) is 10.6 Å². The van der Waals surface area contributed by atoms with Crippen LogP contribution in [0.3, 0.4) is 0 Å². The monoisotopic (exact) mass is 294 g/mol. The van der Waals surface area contributed by atoms with Crippen LogP contribution in [0.1, 0.15) is 22.7 Å². The Balaban J connectivity index is 2.54. The molecule has 0 aromatic heterocycles. The maximum atomic E-state index is 13.6. The largest absolute Gasteiger partial charge is 0.496 e. The first-order valence-electron chi connectivity index (χ1n) is 6.12. The molecule has 0 saturated heterocycles. The number of hydrogen-bond acceptors (Lipinski definition) is 3. The van der Waals surface area contributed by atoms with Crippen LogP contribution in [0, 0.1) is 12.7 Å². The molecule has 106 valence electrons. The van der Waals surface area contributed by atoms with Crippen LogP contribution in [0.5, 0.6) is 5.75 Å². The average Bonchev–Trinajstić information content (AvgIpc) is 2.39. The zero-order valence-corrected chi connectivity index (χ0v) is 12.0. The Morgan fingerprint density at radius 3 is 2.60 bits per heavy atom. The van der Waals surface area contributed by atoms with Gasteiger partial charge in [-0.3, -0.25) is 5.84 Å². The van der Waals surface area contributed by atoms with E-state index in [2.05, 4.69) is 5.43 Å². The lowest BCUT2D eigenvalue weighted by Gasteiger charge is -2.20. The second-order valence-electron chi connectivity index (χ2n) is 4.55. The number of hydrogen-bond donors (Lipinski definition) is 2. The van der Waals surface area contributed by atoms with Crippen LogP contribution in [0.2, 0.25) is 5.02 Å². The summed E-state index contributed by atoms with van der Waals surface area (Å²) in [4.78, 5) is 0. The van der Waals surface area contributed by atoms with Crippen molar-refractivity contribution in [1.82, 2.24) is 5.43 Å². The number of rotatable bonds is 4. The lowest BCUT2D eigenvalue weighted by atomic mass is 9.97. The van der Waals surface area contributed by atoms with E-state index < -0.39 is 6.04 Å². The fourth-order valence-electron chi connectivity index (χ4n) is 2.23. The van der Waals surface area contributed by atoms with Crippen LogP contribution < -0.4 is 16.0 Å². The Hall–Kier alpha value is -1.62. The van der Waals surface area contributed by atoms with Crippen molar-refractivity contribution in [1.29, 1.82) is 0 Å². The SMILES string of the molecule is COc1ccc(Cl)cc1C(NN)c1cc(C)cc(F)c1. The van der Waals surface area contributed by atoms with E-state index in [4.69, 9.17) is 22.2 Å². The molecule has 2 rings (SSSR count). The van der Waals surface area contributed by atoms with Crippen LogP contribution >= 0.6 is 11.6 Å². The van der Waals surface area contributed by atoms with Crippen molar-refractivity contribution in [2.24, 2.45) is 5.84 Å². The standard InChI is InChI=1S/C15H16ClFN2O/c1-9-5-10(7-12(17)6-9)15(19-18)13-8-11(16)3-4-14(13)20-2/h3-8,15,19H,18H2,1-2H3. The van der Waals surface area contributed by atoms with E-state index in [1.807, 2.05) is 13.0 Å². The number of methoxy groups -OCH3 is 1. The first-order valence-corrected chi connectivity index (χ1v) is 6.49. The van der Waals surface area contributed by atoms with Crippen molar-refractivity contribution in [2.45, 2.75) is 13.0 Å². The van der Waals surface area contributed by atoms with E-state index in [1.165, 1.54) is 12.1 Å². The zero-order chi connectivity index (χ0) is 14.7. The molecule has 0 spiro atoms. The Bertz CT molecular complexity index is 599. The van der Waals surface area contributed by atoms with Gasteiger partial charge >= 0.3 is 0 Å². The van der Waals surface area contributed by atoms with Crippen molar-refractivity contribution < 1.29 is 9.13 Å². The van der Waals surface area contributed by atoms with Crippen LogP contribution in [0.25, 0.3) is 0 Å². The lowest BCUT2D eigenvalue weighted by molar-refractivity contribution is 0.404. The summed E-state index contributed by atoms with van der Waals surface area (Å²) in [6, 6.07) is 9.61. The van der Waals surface area contributed by atoms with Crippen LogP contribution in [0.15, 0.2) is 36.4 Å². The first-order chi connectivity index (χ1) is 9.55. The van der Waals surface area contributed by atoms with Gasteiger partial charge in [0.05, 0.1) is 13.2 Å². The Labute approximate surface area is 122 Å². The van der Waals surface area contributed by atoms with Gasteiger partial charge in [0.25, 0.3) is 0 Å². The van der Waals surface area contributed by atoms with Gasteiger partial charge < -0.3 is 4.74 Å². The second kappa shape index (κ2) is 6.22. The van der Waals surface area contributed by atoms with Crippen molar-refractivity contribution in [3.63, 3.8) is 0 Å². The third kappa shape index (κ3) is 3.10. The number of hydrazine groups is 1. The quantitative estimate of drug-likeness (QED) is 0.671. The van der Waals surface area contributed by atoms with Crippen LogP contribution in [0.4, 0.5) is 4.39 Å². The van der Waals surface area contributed by atoms with Crippen molar-refractivity contribution in [3.8, 4) is 5.75 Å². The number of nitrogens with two attached hydrogens (primary N) is 1. The van der Waals surface area contributed by atoms with E-state index >= 15 is 0 Å². The Morgan fingerprint density at radius 2 is 2.00 bits per heavy atom. The third-order valence-electron chi connectivity index (χ3n) is 3.07. The molecule has 20 heavy (non-hydrogen) atoms. The number of ether oxygens (including phenoxy) is 1. The molecule has 0 heterocycles. The van der Waals surface area contributed by atoms with Gasteiger partial charge in [-0.25, -0.2) is 9.82 Å². The van der Waals surface area contributed by atoms with Crippen molar-refractivity contribution in [2.75, 3.05) is 7.11 Å². The smallest absolute Gasteiger partial charge is 0.124 e. The molecule has 0 bridgehead atoms. The minimum atomic E-state index is -0.405. The molecule has 2 aromatic carbocycles. The summed E-state index contributed by atoms with van der Waals surface area (Å²) in [5.74, 6) is 5.97. The molecule has 0 amide bonds. The fraction of sp³-hybridized carbons (Fsp3) is 0.200. The van der Waals surface area contributed by atoms with Gasteiger partial charge in [-0.2, -0.15) is 0 Å². The summed E-state index contributed by atoms with van der Waals surface area (Å²) in [5.41, 5.74) is 4.98. The number of nitrogens with one attached hydrogen (secondary N) is 1. The number of benzene rings is 2. The Morgan fingerprint density at radius 1 is 1.25 bits per heavy atom. The fourth-order valence-corrected chi connectivity index (χ4v) is 2.41. The lowest BCUT2D eigenvalue weighted by Crippen LogP contribution is -2.29. The van der Waals surface area contributed by atoms with E-state index in [0.29, 0.717) is 16.3 Å². The van der Waals surface area contributed by atoms with E-state index in [0.717, 1.165) is 11.1 Å². The molecule has 0 aliphatic heterocycles. The van der Waals surface area contributed by atoms with E-state index in [-0.39, 0.29) is 5.82 Å². The predicted molar refractivity (Wildman–Crippen MR) is 78.3 cm³/mol. The van der Waals surface area contributed by atoms with Gasteiger partial charge in [-0.1, -0.05) is 17.7 Å². The molecular weight excluding hydrogens is 279 g/mol. The summed E-state index contributed by atoms with van der Waals surface area (Å²) in [6.45, 7) is 1.83. The summed E-state index contributed by atoms with van der Waals surface area (Å²) in [6.07, 6.45) is 0. The van der Waals surface area contributed by atoms with Gasteiger partial charge in [0.15, 0.2) is 0 Å². The van der Waals surface area contributed by atoms with Crippen LogP contribution in [-0.2, 0) is 0 Å². The normalized spacial score (nSPS) is 12.2. The predicted octanol–water partition coefficient (Wildman–Crippen LogP) is 3.35. The second-order valence-corrected chi connectivity index (χ2v) is 4.98. The van der Waals surface area contributed by atoms with Gasteiger partial charge in [-0.05, 0) is 48.4 Å². The third-order valence-corrected chi connectivity index (χ3v) is 3.30. The summed E-state index contributed by atoms with van der Waals surface area (Å²) >= 11 is 6.03. The van der Waals surface area contributed by atoms with Gasteiger partial charge in [0.1, 0.15) is 11.6 Å². The molecule has 1 atom stereocenters. The molecule has 0 saturated carbocycles. The molecule has 0 radical (unpaired) electrons. The maximum Gasteiger partial charge on any atom is 0.124 e. The molecule has 1 unspecified atom stereocenters. The highest BCUT2D eigenvalue weighted by Gasteiger charge is 2.18. The van der Waals surface area contributed by atoms with Gasteiger partial charge in [0.2, 0.25) is 0 Å². The molecule has 0 fully saturated rings. The molecule has 3 N–H and O–H groups in total. The zero-order valence-electron chi connectivity index (χ0n) is 11.3. The average molecular weight is 295 g/mol. The van der Waals surface area contributed by atoms with Gasteiger partial charge in [-0.15, -0.1) is 0 Å². The molecule has 2 aromatic rings. The number of aryl methyl sites for hydroxylation is 1. The molecule has 0 aliphatic carbocycles. The summed E-state index contributed by atoms with van der Waals surface area (Å²) < 4.78 is 18.9. The minimum Gasteiger partial charge on any atom is -0.496 e. The summed E-state index contributed by atoms with van der Waals surface area (Å²) in [5, 5.41) is 0.564. The highest BCUT2D eigenvalue weighted by Crippen LogP contribution is 2.32. The van der Waals surface area contributed by atoms with Crippen molar-refractivity contribution in [3.05, 3.63) is 63.9 Å². The molecule has 3 nitrogen and oxygen atoms in total. The highest BCUT2D eigenvalue weighted by atomic mass is 35.5. The highest BCUT2D eigenvalue weighted by molar-refractivity contribution is 6.30. The number of halogens is 2. The van der Waals surface area contributed by atoms with Crippen molar-refractivity contribution >= 4 is 11.6 Å². The minimum absolute atomic E-state index is 0.304. The molecule has 0 aliphatic rings. The van der Waals surface area contributed by atoms with E-state index in [1.54, 1.807) is 25.3 Å². The molecule has 5 heteroatoms. The molecular formula is C15H16ClFN2O. The summed E-state index contributed by atoms with van der Waals surface area (Å²) in [7, 11) is 1.57. The van der Waals surface area contributed by atoms with Crippen LogP contribution in [-0.4, -0.2) is 7.11 Å². The maximum absolute atomic E-state index is 13.6.